The number of carboxylic acids is 1. The van der Waals surface area contributed by atoms with E-state index in [1.54, 1.807) is 0 Å². The van der Waals surface area contributed by atoms with E-state index >= 15 is 0 Å². The molecule has 22 heavy (non-hydrogen) atoms. The molecule has 0 spiro atoms. The van der Waals surface area contributed by atoms with Gasteiger partial charge in [-0.3, -0.25) is 4.90 Å². The first-order valence-corrected chi connectivity index (χ1v) is 9.00. The molecule has 0 saturated carbocycles. The Hall–Kier alpha value is -1.00. The van der Waals surface area contributed by atoms with Gasteiger partial charge < -0.3 is 9.84 Å². The number of nitrogens with zero attached hydrogens (tertiary/aromatic N) is 1. The third kappa shape index (κ3) is 4.75. The molecule has 2 N–H and O–H groups in total. The number of sulfonamides is 1. The predicted octanol–water partition coefficient (Wildman–Crippen LogP) is 0.758. The molecular weight excluding hydrogens is 376 g/mol. The molecule has 0 atom stereocenters. The Morgan fingerprint density at radius 3 is 2.64 bits per heavy atom. The lowest BCUT2D eigenvalue weighted by Gasteiger charge is -2.26. The summed E-state index contributed by atoms with van der Waals surface area (Å²) in [6.07, 6.45) is 0. The largest absolute Gasteiger partial charge is 0.478 e. The molecule has 7 nitrogen and oxygen atoms in total. The summed E-state index contributed by atoms with van der Waals surface area (Å²) < 4.78 is 32.6. The number of carbonyl (C=O) groups is 1. The van der Waals surface area contributed by atoms with E-state index in [1.807, 2.05) is 0 Å². The molecule has 1 saturated heterocycles. The molecule has 0 radical (unpaired) electrons. The van der Waals surface area contributed by atoms with Gasteiger partial charge in [-0.2, -0.15) is 0 Å². The van der Waals surface area contributed by atoms with Crippen LogP contribution in [0.1, 0.15) is 10.4 Å². The lowest BCUT2D eigenvalue weighted by atomic mass is 10.2. The molecule has 1 heterocycles. The molecule has 2 rings (SSSR count). The van der Waals surface area contributed by atoms with Gasteiger partial charge in [0.1, 0.15) is 0 Å². The summed E-state index contributed by atoms with van der Waals surface area (Å²) in [5.41, 5.74) is -0.0806. The number of carboxylic acid groups (broad SMARTS) is 1. The fraction of sp³-hybridized carbons (Fsp3) is 0.462. The van der Waals surface area contributed by atoms with Gasteiger partial charge in [0.25, 0.3) is 0 Å². The minimum Gasteiger partial charge on any atom is -0.478 e. The standard InChI is InChI=1S/C13H17BrN2O5S/c14-11-7-10(13(17)18)8-12(9-11)22(19,20)15-1-2-16-3-5-21-6-4-16/h7-9,15H,1-6H2,(H,17,18). The van der Waals surface area contributed by atoms with E-state index in [0.717, 1.165) is 19.2 Å². The van der Waals surface area contributed by atoms with Gasteiger partial charge >= 0.3 is 5.97 Å². The lowest BCUT2D eigenvalue weighted by molar-refractivity contribution is 0.0390. The summed E-state index contributed by atoms with van der Waals surface area (Å²) in [6.45, 7) is 3.71. The Balaban J connectivity index is 2.01. The number of hydrogen-bond acceptors (Lipinski definition) is 5. The number of hydrogen-bond donors (Lipinski definition) is 2. The Morgan fingerprint density at radius 2 is 2.00 bits per heavy atom. The predicted molar refractivity (Wildman–Crippen MR) is 83.5 cm³/mol. The minimum absolute atomic E-state index is 0.0683. The van der Waals surface area contributed by atoms with Crippen LogP contribution in [0.15, 0.2) is 27.6 Å². The topological polar surface area (TPSA) is 95.9 Å². The smallest absolute Gasteiger partial charge is 0.335 e. The zero-order chi connectivity index (χ0) is 16.2. The maximum absolute atomic E-state index is 12.2. The summed E-state index contributed by atoms with van der Waals surface area (Å²) in [4.78, 5) is 13.0. The van der Waals surface area contributed by atoms with Crippen LogP contribution in [0, 0.1) is 0 Å². The Morgan fingerprint density at radius 1 is 1.32 bits per heavy atom. The highest BCUT2D eigenvalue weighted by molar-refractivity contribution is 9.10. The average molecular weight is 393 g/mol. The van der Waals surface area contributed by atoms with Crippen molar-refractivity contribution in [2.75, 3.05) is 39.4 Å². The van der Waals surface area contributed by atoms with Gasteiger partial charge in [0.2, 0.25) is 10.0 Å². The van der Waals surface area contributed by atoms with E-state index in [9.17, 15) is 13.2 Å². The Labute approximate surface area is 137 Å². The monoisotopic (exact) mass is 392 g/mol. The molecule has 0 aromatic heterocycles. The van der Waals surface area contributed by atoms with Crippen molar-refractivity contribution >= 4 is 31.9 Å². The van der Waals surface area contributed by atoms with Crippen molar-refractivity contribution in [2.45, 2.75) is 4.90 Å². The van der Waals surface area contributed by atoms with Gasteiger partial charge in [0.05, 0.1) is 23.7 Å². The van der Waals surface area contributed by atoms with E-state index in [4.69, 9.17) is 9.84 Å². The van der Waals surface area contributed by atoms with Crippen molar-refractivity contribution < 1.29 is 23.1 Å². The first-order valence-electron chi connectivity index (χ1n) is 6.72. The number of benzene rings is 1. The molecule has 1 aromatic carbocycles. The SMILES string of the molecule is O=C(O)c1cc(Br)cc(S(=O)(=O)NCCN2CCOCC2)c1. The van der Waals surface area contributed by atoms with Gasteiger partial charge in [-0.1, -0.05) is 15.9 Å². The summed E-state index contributed by atoms with van der Waals surface area (Å²) in [7, 11) is -3.74. The summed E-state index contributed by atoms with van der Waals surface area (Å²) in [5.74, 6) is -1.17. The zero-order valence-electron chi connectivity index (χ0n) is 11.8. The van der Waals surface area contributed by atoms with Crippen molar-refractivity contribution in [1.29, 1.82) is 0 Å². The number of aromatic carboxylic acids is 1. The maximum atomic E-state index is 12.2. The molecule has 0 amide bonds. The number of morpholine rings is 1. The first kappa shape index (κ1) is 17.4. The first-order chi connectivity index (χ1) is 10.4. The van der Waals surface area contributed by atoms with Crippen LogP contribution < -0.4 is 4.72 Å². The van der Waals surface area contributed by atoms with E-state index < -0.39 is 16.0 Å². The number of ether oxygens (including phenoxy) is 1. The van der Waals surface area contributed by atoms with Crippen LogP contribution in [0.4, 0.5) is 0 Å². The number of halogens is 1. The van der Waals surface area contributed by atoms with Crippen molar-refractivity contribution in [2.24, 2.45) is 0 Å². The second-order valence-electron chi connectivity index (χ2n) is 4.83. The van der Waals surface area contributed by atoms with Crippen molar-refractivity contribution in [3.63, 3.8) is 0 Å². The molecule has 9 heteroatoms. The van der Waals surface area contributed by atoms with Gasteiger partial charge in [0, 0.05) is 30.7 Å². The fourth-order valence-electron chi connectivity index (χ4n) is 2.09. The quantitative estimate of drug-likeness (QED) is 0.741. The van der Waals surface area contributed by atoms with Crippen LogP contribution in [0.5, 0.6) is 0 Å². The number of rotatable bonds is 6. The number of nitrogens with one attached hydrogen (secondary N) is 1. The van der Waals surface area contributed by atoms with Crippen LogP contribution in [0.25, 0.3) is 0 Å². The maximum Gasteiger partial charge on any atom is 0.335 e. The highest BCUT2D eigenvalue weighted by Gasteiger charge is 2.18. The van der Waals surface area contributed by atoms with Crippen molar-refractivity contribution in [3.05, 3.63) is 28.2 Å². The molecular formula is C13H17BrN2O5S. The fourth-order valence-corrected chi connectivity index (χ4v) is 3.82. The van der Waals surface area contributed by atoms with Crippen molar-refractivity contribution in [1.82, 2.24) is 9.62 Å². The normalized spacial score (nSPS) is 16.6. The van der Waals surface area contributed by atoms with Gasteiger partial charge in [-0.25, -0.2) is 17.9 Å². The zero-order valence-corrected chi connectivity index (χ0v) is 14.2. The summed E-state index contributed by atoms with van der Waals surface area (Å²) in [5, 5.41) is 8.99. The molecule has 0 unspecified atom stereocenters. The Bertz CT molecular complexity index is 644. The summed E-state index contributed by atoms with van der Waals surface area (Å²) in [6, 6.07) is 3.88. The third-order valence-electron chi connectivity index (χ3n) is 3.25. The van der Waals surface area contributed by atoms with Crippen LogP contribution in [-0.4, -0.2) is 63.8 Å². The second-order valence-corrected chi connectivity index (χ2v) is 7.52. The van der Waals surface area contributed by atoms with Gasteiger partial charge in [0.15, 0.2) is 0 Å². The third-order valence-corrected chi connectivity index (χ3v) is 5.15. The van der Waals surface area contributed by atoms with Crippen LogP contribution >= 0.6 is 15.9 Å². The van der Waals surface area contributed by atoms with Crippen LogP contribution in [0.3, 0.4) is 0 Å². The van der Waals surface area contributed by atoms with E-state index in [1.165, 1.54) is 12.1 Å². The minimum atomic E-state index is -3.74. The molecule has 122 valence electrons. The summed E-state index contributed by atoms with van der Waals surface area (Å²) >= 11 is 3.13. The van der Waals surface area contributed by atoms with Crippen molar-refractivity contribution in [3.8, 4) is 0 Å². The van der Waals surface area contributed by atoms with Gasteiger partial charge in [-0.05, 0) is 18.2 Å². The van der Waals surface area contributed by atoms with Crippen LogP contribution in [-0.2, 0) is 14.8 Å². The Kier molecular flexibility index (Phi) is 5.93. The second kappa shape index (κ2) is 7.51. The highest BCUT2D eigenvalue weighted by atomic mass is 79.9. The van der Waals surface area contributed by atoms with E-state index in [0.29, 0.717) is 24.2 Å². The average Bonchev–Trinajstić information content (AvgIpc) is 2.47. The molecule has 0 bridgehead atoms. The van der Waals surface area contributed by atoms with E-state index in [2.05, 4.69) is 25.6 Å². The highest BCUT2D eigenvalue weighted by Crippen LogP contribution is 2.19. The lowest BCUT2D eigenvalue weighted by Crippen LogP contribution is -2.41. The van der Waals surface area contributed by atoms with Crippen LogP contribution in [0.2, 0.25) is 0 Å². The van der Waals surface area contributed by atoms with Gasteiger partial charge in [-0.15, -0.1) is 0 Å². The molecule has 1 aliphatic rings. The van der Waals surface area contributed by atoms with E-state index in [-0.39, 0.29) is 17.0 Å². The molecule has 1 aliphatic heterocycles. The molecule has 0 aliphatic carbocycles. The molecule has 1 fully saturated rings. The molecule has 1 aromatic rings.